The van der Waals surface area contributed by atoms with Crippen molar-refractivity contribution in [1.82, 2.24) is 0 Å². The normalized spacial score (nSPS) is 18.4. The lowest BCUT2D eigenvalue weighted by atomic mass is 10.2. The lowest BCUT2D eigenvalue weighted by Crippen LogP contribution is -2.14. The van der Waals surface area contributed by atoms with Gasteiger partial charge in [-0.3, -0.25) is 0 Å². The molecule has 1 N–H and O–H groups in total. The quantitative estimate of drug-likeness (QED) is 0.764. The van der Waals surface area contributed by atoms with Gasteiger partial charge in [0.25, 0.3) is 0 Å². The number of carboxylic acid groups (broad SMARTS) is 1. The highest BCUT2D eigenvalue weighted by Crippen LogP contribution is 2.13. The van der Waals surface area contributed by atoms with Gasteiger partial charge in [0.05, 0.1) is 31.5 Å². The van der Waals surface area contributed by atoms with Gasteiger partial charge < -0.3 is 19.3 Å². The van der Waals surface area contributed by atoms with Gasteiger partial charge in [0, 0.05) is 13.0 Å². The van der Waals surface area contributed by atoms with Crippen LogP contribution in [-0.2, 0) is 9.47 Å². The SMILES string of the molecule is O=C(O)c1ccc(OCCCOC2CCOC2)cc1. The van der Waals surface area contributed by atoms with E-state index < -0.39 is 5.97 Å². The summed E-state index contributed by atoms with van der Waals surface area (Å²) in [4.78, 5) is 10.7. The molecule has 0 radical (unpaired) electrons. The molecule has 1 atom stereocenters. The molecule has 0 aliphatic carbocycles. The molecule has 0 amide bonds. The van der Waals surface area contributed by atoms with E-state index in [-0.39, 0.29) is 11.7 Å². The zero-order valence-electron chi connectivity index (χ0n) is 10.7. The Morgan fingerprint density at radius 2 is 2.11 bits per heavy atom. The van der Waals surface area contributed by atoms with Gasteiger partial charge in [-0.25, -0.2) is 4.79 Å². The standard InChI is InChI=1S/C14H18O5/c15-14(16)11-2-4-12(5-3-11)18-7-1-8-19-13-6-9-17-10-13/h2-5,13H,1,6-10H2,(H,15,16). The third-order valence-corrected chi connectivity index (χ3v) is 2.90. The highest BCUT2D eigenvalue weighted by atomic mass is 16.5. The van der Waals surface area contributed by atoms with Gasteiger partial charge in [-0.2, -0.15) is 0 Å². The fraction of sp³-hybridized carbons (Fsp3) is 0.500. The van der Waals surface area contributed by atoms with Gasteiger partial charge in [-0.15, -0.1) is 0 Å². The van der Waals surface area contributed by atoms with Crippen LogP contribution in [0.1, 0.15) is 23.2 Å². The minimum Gasteiger partial charge on any atom is -0.494 e. The Labute approximate surface area is 112 Å². The molecule has 0 spiro atoms. The Hall–Kier alpha value is -1.59. The van der Waals surface area contributed by atoms with Crippen molar-refractivity contribution in [2.24, 2.45) is 0 Å². The molecule has 5 nitrogen and oxygen atoms in total. The first-order valence-corrected chi connectivity index (χ1v) is 6.41. The average Bonchev–Trinajstić information content (AvgIpc) is 2.92. The van der Waals surface area contributed by atoms with E-state index in [1.165, 1.54) is 12.1 Å². The number of ether oxygens (including phenoxy) is 3. The number of hydrogen-bond acceptors (Lipinski definition) is 4. The average molecular weight is 266 g/mol. The molecule has 0 saturated carbocycles. The van der Waals surface area contributed by atoms with Crippen LogP contribution >= 0.6 is 0 Å². The van der Waals surface area contributed by atoms with Crippen molar-refractivity contribution in [1.29, 1.82) is 0 Å². The van der Waals surface area contributed by atoms with Crippen molar-refractivity contribution in [2.75, 3.05) is 26.4 Å². The highest BCUT2D eigenvalue weighted by Gasteiger charge is 2.15. The summed E-state index contributed by atoms with van der Waals surface area (Å²) in [5, 5.41) is 8.76. The first-order chi connectivity index (χ1) is 9.25. The molecule has 1 fully saturated rings. The second-order valence-electron chi connectivity index (χ2n) is 4.39. The van der Waals surface area contributed by atoms with Crippen LogP contribution in [-0.4, -0.2) is 43.6 Å². The lowest BCUT2D eigenvalue weighted by molar-refractivity contribution is 0.0366. The smallest absolute Gasteiger partial charge is 0.335 e. The molecule has 1 saturated heterocycles. The highest BCUT2D eigenvalue weighted by molar-refractivity contribution is 5.87. The van der Waals surface area contributed by atoms with Crippen LogP contribution < -0.4 is 4.74 Å². The number of carboxylic acids is 1. The molecule has 2 rings (SSSR count). The van der Waals surface area contributed by atoms with Gasteiger partial charge in [-0.05, 0) is 30.7 Å². The van der Waals surface area contributed by atoms with Gasteiger partial charge >= 0.3 is 5.97 Å². The summed E-state index contributed by atoms with van der Waals surface area (Å²) in [5.41, 5.74) is 0.261. The van der Waals surface area contributed by atoms with Crippen molar-refractivity contribution in [3.63, 3.8) is 0 Å². The first-order valence-electron chi connectivity index (χ1n) is 6.41. The largest absolute Gasteiger partial charge is 0.494 e. The second kappa shape index (κ2) is 7.11. The Kier molecular flexibility index (Phi) is 5.18. The summed E-state index contributed by atoms with van der Waals surface area (Å²) in [7, 11) is 0. The first kappa shape index (κ1) is 13.8. The van der Waals surface area contributed by atoms with E-state index in [4.69, 9.17) is 19.3 Å². The molecule has 1 aromatic rings. The monoisotopic (exact) mass is 266 g/mol. The van der Waals surface area contributed by atoms with E-state index in [2.05, 4.69) is 0 Å². The van der Waals surface area contributed by atoms with Crippen LogP contribution in [0.3, 0.4) is 0 Å². The Morgan fingerprint density at radius 1 is 1.32 bits per heavy atom. The van der Waals surface area contributed by atoms with E-state index in [0.717, 1.165) is 19.4 Å². The van der Waals surface area contributed by atoms with Crippen LogP contribution in [0, 0.1) is 0 Å². The summed E-state index contributed by atoms with van der Waals surface area (Å²) >= 11 is 0. The van der Waals surface area contributed by atoms with E-state index >= 15 is 0 Å². The van der Waals surface area contributed by atoms with Crippen LogP contribution in [0.15, 0.2) is 24.3 Å². The fourth-order valence-electron chi connectivity index (χ4n) is 1.84. The minimum absolute atomic E-state index is 0.231. The van der Waals surface area contributed by atoms with Gasteiger partial charge in [0.15, 0.2) is 0 Å². The molecule has 19 heavy (non-hydrogen) atoms. The molecule has 1 heterocycles. The fourth-order valence-corrected chi connectivity index (χ4v) is 1.84. The maximum Gasteiger partial charge on any atom is 0.335 e. The Morgan fingerprint density at radius 3 is 2.74 bits per heavy atom. The number of hydrogen-bond donors (Lipinski definition) is 1. The summed E-state index contributed by atoms with van der Waals surface area (Å²) in [6, 6.07) is 6.39. The molecule has 5 heteroatoms. The van der Waals surface area contributed by atoms with Crippen molar-refractivity contribution in [2.45, 2.75) is 18.9 Å². The van der Waals surface area contributed by atoms with Crippen LogP contribution in [0.5, 0.6) is 5.75 Å². The molecule has 1 unspecified atom stereocenters. The summed E-state index contributed by atoms with van der Waals surface area (Å²) < 4.78 is 16.3. The van der Waals surface area contributed by atoms with Crippen molar-refractivity contribution in [3.8, 4) is 5.75 Å². The summed E-state index contributed by atoms with van der Waals surface area (Å²) in [6.07, 6.45) is 2.00. The van der Waals surface area contributed by atoms with E-state index in [0.29, 0.717) is 25.6 Å². The third-order valence-electron chi connectivity index (χ3n) is 2.90. The van der Waals surface area contributed by atoms with Crippen LogP contribution in [0.4, 0.5) is 0 Å². The number of carbonyl (C=O) groups is 1. The molecule has 1 aromatic carbocycles. The maximum atomic E-state index is 10.7. The zero-order chi connectivity index (χ0) is 13.5. The predicted molar refractivity (Wildman–Crippen MR) is 68.7 cm³/mol. The van der Waals surface area contributed by atoms with Gasteiger partial charge in [0.1, 0.15) is 5.75 Å². The molecular weight excluding hydrogens is 248 g/mol. The van der Waals surface area contributed by atoms with Crippen molar-refractivity contribution in [3.05, 3.63) is 29.8 Å². The van der Waals surface area contributed by atoms with E-state index in [1.807, 2.05) is 0 Å². The van der Waals surface area contributed by atoms with Crippen molar-refractivity contribution >= 4 is 5.97 Å². The summed E-state index contributed by atoms with van der Waals surface area (Å²) in [6.45, 7) is 2.69. The lowest BCUT2D eigenvalue weighted by Gasteiger charge is -2.10. The minimum atomic E-state index is -0.932. The van der Waals surface area contributed by atoms with Crippen LogP contribution in [0.25, 0.3) is 0 Å². The number of benzene rings is 1. The molecule has 0 aromatic heterocycles. The van der Waals surface area contributed by atoms with Crippen molar-refractivity contribution < 1.29 is 24.1 Å². The van der Waals surface area contributed by atoms with E-state index in [9.17, 15) is 4.79 Å². The van der Waals surface area contributed by atoms with Gasteiger partial charge in [-0.1, -0.05) is 0 Å². The third kappa shape index (κ3) is 4.54. The van der Waals surface area contributed by atoms with Crippen LogP contribution in [0.2, 0.25) is 0 Å². The topological polar surface area (TPSA) is 65.0 Å². The molecule has 104 valence electrons. The number of aromatic carboxylic acids is 1. The molecular formula is C14H18O5. The number of rotatable bonds is 7. The van der Waals surface area contributed by atoms with Gasteiger partial charge in [0.2, 0.25) is 0 Å². The zero-order valence-corrected chi connectivity index (χ0v) is 10.7. The second-order valence-corrected chi connectivity index (χ2v) is 4.39. The molecule has 0 bridgehead atoms. The Balaban J connectivity index is 1.61. The summed E-state index contributed by atoms with van der Waals surface area (Å²) in [5.74, 6) is -0.257. The predicted octanol–water partition coefficient (Wildman–Crippen LogP) is 1.96. The molecule has 1 aliphatic heterocycles. The maximum absolute atomic E-state index is 10.7. The molecule has 1 aliphatic rings. The Bertz CT molecular complexity index is 395. The van der Waals surface area contributed by atoms with E-state index in [1.54, 1.807) is 12.1 Å².